The third kappa shape index (κ3) is 1.89. The van der Waals surface area contributed by atoms with Crippen LogP contribution in [-0.4, -0.2) is 15.1 Å². The van der Waals surface area contributed by atoms with Crippen molar-refractivity contribution in [2.24, 2.45) is 0 Å². The highest BCUT2D eigenvalue weighted by atomic mass is 79.9. The van der Waals surface area contributed by atoms with Crippen LogP contribution in [0.15, 0.2) is 29.0 Å². The molecule has 0 amide bonds. The van der Waals surface area contributed by atoms with Gasteiger partial charge in [0, 0.05) is 11.4 Å². The Hall–Kier alpha value is -0.480. The van der Waals surface area contributed by atoms with Gasteiger partial charge in [0.2, 0.25) is 0 Å². The molecule has 0 saturated carbocycles. The number of fused-ring (bicyclic) bond motifs is 1. The first-order valence-electron chi connectivity index (χ1n) is 5.60. The van der Waals surface area contributed by atoms with Crippen LogP contribution in [-0.2, 0) is 0 Å². The van der Waals surface area contributed by atoms with Crippen LogP contribution in [0, 0.1) is 0 Å². The lowest BCUT2D eigenvalue weighted by Gasteiger charge is -2.18. The number of aromatic nitrogens is 2. The Morgan fingerprint density at radius 2 is 2.31 bits per heavy atom. The van der Waals surface area contributed by atoms with E-state index in [0.29, 0.717) is 5.25 Å². The topological polar surface area (TPSA) is 17.3 Å². The fraction of sp³-hybridized carbons (Fsp3) is 0.417. The molecule has 2 aromatic rings. The van der Waals surface area contributed by atoms with E-state index in [0.717, 1.165) is 10.3 Å². The summed E-state index contributed by atoms with van der Waals surface area (Å²) in [6, 6.07) is 6.14. The standard InChI is InChI=1S/C12H13BrN2S/c13-11-5-3-6-12-14-9(8-15(11)12)10-4-1-2-7-16-10/h3,5-6,8,10H,1-2,4,7H2. The minimum Gasteiger partial charge on any atom is -0.294 e. The van der Waals surface area contributed by atoms with Crippen LogP contribution < -0.4 is 0 Å². The van der Waals surface area contributed by atoms with E-state index in [9.17, 15) is 0 Å². The molecule has 1 fully saturated rings. The highest BCUT2D eigenvalue weighted by Gasteiger charge is 2.19. The lowest BCUT2D eigenvalue weighted by atomic mass is 10.1. The van der Waals surface area contributed by atoms with Crippen molar-refractivity contribution in [1.29, 1.82) is 0 Å². The molecule has 0 N–H and O–H groups in total. The van der Waals surface area contributed by atoms with Crippen molar-refractivity contribution in [2.75, 3.05) is 5.75 Å². The number of hydrogen-bond acceptors (Lipinski definition) is 2. The molecule has 1 aliphatic rings. The Kier molecular flexibility index (Phi) is 2.94. The van der Waals surface area contributed by atoms with Crippen LogP contribution in [0.2, 0.25) is 0 Å². The van der Waals surface area contributed by atoms with Gasteiger partial charge in [-0.1, -0.05) is 12.5 Å². The molecule has 1 saturated heterocycles. The summed E-state index contributed by atoms with van der Waals surface area (Å²) < 4.78 is 3.19. The average Bonchev–Trinajstić information content (AvgIpc) is 2.76. The zero-order valence-corrected chi connectivity index (χ0v) is 11.3. The molecule has 1 atom stereocenters. The summed E-state index contributed by atoms with van der Waals surface area (Å²) in [6.07, 6.45) is 6.14. The maximum absolute atomic E-state index is 4.71. The Balaban J connectivity index is 2.01. The van der Waals surface area contributed by atoms with E-state index in [1.165, 1.54) is 30.7 Å². The summed E-state index contributed by atoms with van der Waals surface area (Å²) in [5.74, 6) is 1.28. The fourth-order valence-corrected chi connectivity index (χ4v) is 3.83. The van der Waals surface area contributed by atoms with Crippen molar-refractivity contribution in [1.82, 2.24) is 9.38 Å². The van der Waals surface area contributed by atoms with Gasteiger partial charge < -0.3 is 0 Å². The summed E-state index contributed by atoms with van der Waals surface area (Å²) >= 11 is 5.60. The molecule has 2 nitrogen and oxygen atoms in total. The third-order valence-corrected chi connectivity index (χ3v) is 5.02. The predicted molar refractivity (Wildman–Crippen MR) is 71.9 cm³/mol. The van der Waals surface area contributed by atoms with E-state index < -0.39 is 0 Å². The average molecular weight is 297 g/mol. The summed E-state index contributed by atoms with van der Waals surface area (Å²) in [5, 5.41) is 0.598. The van der Waals surface area contributed by atoms with E-state index in [4.69, 9.17) is 4.98 Å². The highest BCUT2D eigenvalue weighted by Crippen LogP contribution is 2.37. The highest BCUT2D eigenvalue weighted by molar-refractivity contribution is 9.10. The largest absolute Gasteiger partial charge is 0.294 e. The van der Waals surface area contributed by atoms with Gasteiger partial charge in [0.15, 0.2) is 0 Å². The summed E-state index contributed by atoms with van der Waals surface area (Å²) in [4.78, 5) is 4.71. The molecule has 4 heteroatoms. The zero-order chi connectivity index (χ0) is 11.0. The SMILES string of the molecule is Brc1cccc2nc(C3CCCCS3)cn12. The maximum Gasteiger partial charge on any atom is 0.137 e. The second-order valence-corrected chi connectivity index (χ2v) is 6.22. The first-order chi connectivity index (χ1) is 7.84. The fourth-order valence-electron chi connectivity index (χ4n) is 2.13. The summed E-state index contributed by atoms with van der Waals surface area (Å²) in [5.41, 5.74) is 2.27. The van der Waals surface area contributed by atoms with Crippen molar-refractivity contribution in [2.45, 2.75) is 24.5 Å². The Morgan fingerprint density at radius 1 is 1.38 bits per heavy atom. The first kappa shape index (κ1) is 10.7. The first-order valence-corrected chi connectivity index (χ1v) is 7.44. The van der Waals surface area contributed by atoms with E-state index in [-0.39, 0.29) is 0 Å². The van der Waals surface area contributed by atoms with Gasteiger partial charge in [0.25, 0.3) is 0 Å². The molecule has 3 rings (SSSR count). The van der Waals surface area contributed by atoms with E-state index in [2.05, 4.69) is 32.6 Å². The number of hydrogen-bond donors (Lipinski definition) is 0. The lowest BCUT2D eigenvalue weighted by Crippen LogP contribution is -2.02. The molecule has 0 aromatic carbocycles. The van der Waals surface area contributed by atoms with Gasteiger partial charge in [0.1, 0.15) is 5.65 Å². The third-order valence-electron chi connectivity index (χ3n) is 2.97. The molecule has 3 heterocycles. The summed E-state index contributed by atoms with van der Waals surface area (Å²) in [6.45, 7) is 0. The Bertz CT molecular complexity index is 503. The van der Waals surface area contributed by atoms with Crippen LogP contribution in [0.1, 0.15) is 30.2 Å². The van der Waals surface area contributed by atoms with Gasteiger partial charge in [-0.3, -0.25) is 4.40 Å². The molecule has 84 valence electrons. The lowest BCUT2D eigenvalue weighted by molar-refractivity contribution is 0.678. The molecule has 0 spiro atoms. The maximum atomic E-state index is 4.71. The molecule has 0 aliphatic carbocycles. The number of rotatable bonds is 1. The minimum atomic E-state index is 0.598. The van der Waals surface area contributed by atoms with Crippen molar-refractivity contribution >= 4 is 33.3 Å². The van der Waals surface area contributed by atoms with Gasteiger partial charge in [0.05, 0.1) is 10.3 Å². The predicted octanol–water partition coefficient (Wildman–Crippen LogP) is 4.06. The number of thioether (sulfide) groups is 1. The van der Waals surface area contributed by atoms with Gasteiger partial charge in [-0.05, 0) is 46.7 Å². The normalized spacial score (nSPS) is 21.4. The Morgan fingerprint density at radius 3 is 3.06 bits per heavy atom. The summed E-state index contributed by atoms with van der Waals surface area (Å²) in [7, 11) is 0. The van der Waals surface area contributed by atoms with Crippen molar-refractivity contribution in [3.63, 3.8) is 0 Å². The van der Waals surface area contributed by atoms with Gasteiger partial charge in [-0.25, -0.2) is 4.98 Å². The number of nitrogens with zero attached hydrogens (tertiary/aromatic N) is 2. The van der Waals surface area contributed by atoms with Crippen molar-refractivity contribution in [3.8, 4) is 0 Å². The number of imidazole rings is 1. The van der Waals surface area contributed by atoms with E-state index >= 15 is 0 Å². The molecule has 0 bridgehead atoms. The molecule has 1 unspecified atom stereocenters. The minimum absolute atomic E-state index is 0.598. The van der Waals surface area contributed by atoms with Crippen molar-refractivity contribution < 1.29 is 0 Å². The van der Waals surface area contributed by atoms with Crippen LogP contribution in [0.4, 0.5) is 0 Å². The smallest absolute Gasteiger partial charge is 0.137 e. The van der Waals surface area contributed by atoms with Gasteiger partial charge >= 0.3 is 0 Å². The molecule has 0 radical (unpaired) electrons. The molecule has 16 heavy (non-hydrogen) atoms. The van der Waals surface area contributed by atoms with Gasteiger partial charge in [-0.15, -0.1) is 0 Å². The van der Waals surface area contributed by atoms with E-state index in [1.807, 2.05) is 23.9 Å². The monoisotopic (exact) mass is 296 g/mol. The second kappa shape index (κ2) is 4.41. The second-order valence-electron chi connectivity index (χ2n) is 4.10. The van der Waals surface area contributed by atoms with Crippen molar-refractivity contribution in [3.05, 3.63) is 34.7 Å². The van der Waals surface area contributed by atoms with Crippen LogP contribution >= 0.6 is 27.7 Å². The molecule has 2 aromatic heterocycles. The molecule has 1 aliphatic heterocycles. The Labute approximate surface area is 108 Å². The number of halogens is 1. The molecular weight excluding hydrogens is 284 g/mol. The van der Waals surface area contributed by atoms with E-state index in [1.54, 1.807) is 0 Å². The number of pyridine rings is 1. The van der Waals surface area contributed by atoms with Crippen LogP contribution in [0.5, 0.6) is 0 Å². The van der Waals surface area contributed by atoms with Crippen LogP contribution in [0.25, 0.3) is 5.65 Å². The van der Waals surface area contributed by atoms with Gasteiger partial charge in [-0.2, -0.15) is 11.8 Å². The zero-order valence-electron chi connectivity index (χ0n) is 8.90. The molecular formula is C12H13BrN2S. The quantitative estimate of drug-likeness (QED) is 0.739. The van der Waals surface area contributed by atoms with Crippen LogP contribution in [0.3, 0.4) is 0 Å².